The fourth-order valence-corrected chi connectivity index (χ4v) is 9.93. The summed E-state index contributed by atoms with van der Waals surface area (Å²) in [5.41, 5.74) is 5.34. The molecular formula is C46H52Cl2N6O6S. The molecule has 322 valence electrons. The van der Waals surface area contributed by atoms with Crippen LogP contribution in [0.3, 0.4) is 0 Å². The molecule has 1 saturated heterocycles. The third-order valence-electron chi connectivity index (χ3n) is 12.4. The van der Waals surface area contributed by atoms with Crippen molar-refractivity contribution in [2.24, 2.45) is 11.3 Å². The van der Waals surface area contributed by atoms with E-state index in [9.17, 15) is 18.3 Å². The zero-order valence-corrected chi connectivity index (χ0v) is 37.0. The first-order valence-corrected chi connectivity index (χ1v) is 23.1. The van der Waals surface area contributed by atoms with Gasteiger partial charge in [-0.3, -0.25) is 14.8 Å². The second-order valence-electron chi connectivity index (χ2n) is 17.7. The first kappa shape index (κ1) is 43.0. The smallest absolute Gasteiger partial charge is 0.268 e. The van der Waals surface area contributed by atoms with E-state index in [1.807, 2.05) is 37.3 Å². The standard InChI is InChI=1S/C46H52Cl2N6O6S/c1-45(2)16-15-32(37(25-45)31-7-9-33(47)10-8-31)28-53-19-21-54(22-20-53)34-11-12-36(42(23-34)60-41-6-4-5-40-38(41)27-50-51-40)43(55)52-61(57,58)35-24-39(48)44(49-26-35)59-29-30-13-17-46(3,56)18-14-30/h4-12,23-24,26-27,30,56H,13-22,25,28-29H2,1-3H3,(H,50,51)(H,52,55). The molecule has 15 heteroatoms. The molecule has 3 heterocycles. The number of carbonyl (C=O) groups excluding carboxylic acids is 1. The highest BCUT2D eigenvalue weighted by atomic mass is 35.5. The fourth-order valence-electron chi connectivity index (χ4n) is 8.59. The lowest BCUT2D eigenvalue weighted by Gasteiger charge is -2.39. The van der Waals surface area contributed by atoms with Crippen molar-refractivity contribution in [1.82, 2.24) is 24.8 Å². The second-order valence-corrected chi connectivity index (χ2v) is 20.2. The van der Waals surface area contributed by atoms with Gasteiger partial charge in [0.25, 0.3) is 15.9 Å². The van der Waals surface area contributed by atoms with E-state index in [0.29, 0.717) is 30.6 Å². The summed E-state index contributed by atoms with van der Waals surface area (Å²) in [7, 11) is -4.42. The quantitative estimate of drug-likeness (QED) is 0.111. The summed E-state index contributed by atoms with van der Waals surface area (Å²) in [5.74, 6) is 0.0860. The number of halogens is 2. The molecular weight excluding hydrogens is 836 g/mol. The molecule has 3 aromatic carbocycles. The Morgan fingerprint density at radius 3 is 2.44 bits per heavy atom. The maximum atomic E-state index is 13.9. The predicted octanol–water partition coefficient (Wildman–Crippen LogP) is 9.28. The average Bonchev–Trinajstić information content (AvgIpc) is 3.72. The zero-order chi connectivity index (χ0) is 42.9. The summed E-state index contributed by atoms with van der Waals surface area (Å²) in [5, 5.41) is 18.8. The fraction of sp³-hybridized carbons (Fsp3) is 0.413. The lowest BCUT2D eigenvalue weighted by molar-refractivity contribution is 0.00127. The van der Waals surface area contributed by atoms with Crippen molar-refractivity contribution in [2.75, 3.05) is 44.2 Å². The van der Waals surface area contributed by atoms with Crippen LogP contribution in [0.1, 0.15) is 81.6 Å². The first-order valence-electron chi connectivity index (χ1n) is 20.9. The van der Waals surface area contributed by atoms with Crippen LogP contribution in [-0.2, 0) is 10.0 Å². The van der Waals surface area contributed by atoms with Gasteiger partial charge >= 0.3 is 0 Å². The number of pyridine rings is 1. The molecule has 3 aliphatic rings. The number of sulfonamides is 1. The zero-order valence-electron chi connectivity index (χ0n) is 34.7. The number of aromatic amines is 1. The van der Waals surface area contributed by atoms with Crippen molar-refractivity contribution in [3.8, 4) is 17.4 Å². The van der Waals surface area contributed by atoms with Crippen LogP contribution in [0.15, 0.2) is 89.6 Å². The number of ether oxygens (including phenoxy) is 2. The van der Waals surface area contributed by atoms with Crippen LogP contribution in [0.4, 0.5) is 5.69 Å². The Kier molecular flexibility index (Phi) is 12.4. The third kappa shape index (κ3) is 10.2. The van der Waals surface area contributed by atoms with Crippen LogP contribution in [0, 0.1) is 11.3 Å². The second kappa shape index (κ2) is 17.6. The molecule has 0 atom stereocenters. The molecule has 2 aliphatic carbocycles. The van der Waals surface area contributed by atoms with Gasteiger partial charge in [0.15, 0.2) is 0 Å². The Morgan fingerprint density at radius 1 is 0.951 bits per heavy atom. The van der Waals surface area contributed by atoms with E-state index < -0.39 is 21.5 Å². The summed E-state index contributed by atoms with van der Waals surface area (Å²) in [4.78, 5) is 22.6. The largest absolute Gasteiger partial charge is 0.476 e. The third-order valence-corrected chi connectivity index (χ3v) is 14.2. The van der Waals surface area contributed by atoms with Crippen LogP contribution in [0.5, 0.6) is 17.4 Å². The minimum Gasteiger partial charge on any atom is -0.476 e. The number of allylic oxidation sites excluding steroid dienone is 1. The highest BCUT2D eigenvalue weighted by Crippen LogP contribution is 2.44. The Morgan fingerprint density at radius 2 is 1.70 bits per heavy atom. The van der Waals surface area contributed by atoms with Gasteiger partial charge in [-0.05, 0) is 117 Å². The van der Waals surface area contributed by atoms with Crippen LogP contribution >= 0.6 is 23.2 Å². The number of amides is 1. The molecule has 61 heavy (non-hydrogen) atoms. The predicted molar refractivity (Wildman–Crippen MR) is 239 cm³/mol. The Balaban J connectivity index is 0.981. The van der Waals surface area contributed by atoms with Gasteiger partial charge in [-0.15, -0.1) is 0 Å². The van der Waals surface area contributed by atoms with E-state index in [-0.39, 0.29) is 38.4 Å². The molecule has 1 amide bonds. The van der Waals surface area contributed by atoms with E-state index in [2.05, 4.69) is 55.7 Å². The number of piperazine rings is 1. The van der Waals surface area contributed by atoms with Gasteiger partial charge in [-0.25, -0.2) is 18.1 Å². The molecule has 0 bridgehead atoms. The van der Waals surface area contributed by atoms with Crippen LogP contribution in [0.2, 0.25) is 10.0 Å². The maximum Gasteiger partial charge on any atom is 0.268 e. The molecule has 1 aliphatic heterocycles. The van der Waals surface area contributed by atoms with Gasteiger partial charge in [-0.2, -0.15) is 5.10 Å². The minimum atomic E-state index is -4.42. The monoisotopic (exact) mass is 886 g/mol. The lowest BCUT2D eigenvalue weighted by Crippen LogP contribution is -2.47. The average molecular weight is 888 g/mol. The number of carbonyl (C=O) groups is 1. The Labute approximate surface area is 367 Å². The molecule has 0 radical (unpaired) electrons. The lowest BCUT2D eigenvalue weighted by atomic mass is 9.72. The number of hydrogen-bond donors (Lipinski definition) is 3. The normalized spacial score (nSPS) is 21.1. The number of rotatable bonds is 12. The number of fused-ring (bicyclic) bond motifs is 1. The Hall–Kier alpha value is -4.66. The van der Waals surface area contributed by atoms with Crippen molar-refractivity contribution in [2.45, 2.75) is 76.2 Å². The molecule has 1 saturated carbocycles. The molecule has 8 rings (SSSR count). The van der Waals surface area contributed by atoms with Crippen LogP contribution in [-0.4, -0.2) is 84.4 Å². The van der Waals surface area contributed by atoms with E-state index in [1.54, 1.807) is 24.4 Å². The van der Waals surface area contributed by atoms with Gasteiger partial charge in [0.1, 0.15) is 21.4 Å². The molecule has 12 nitrogen and oxygen atoms in total. The van der Waals surface area contributed by atoms with E-state index in [1.165, 1.54) is 22.8 Å². The number of anilines is 1. The number of nitrogens with one attached hydrogen (secondary N) is 2. The van der Waals surface area contributed by atoms with Crippen molar-refractivity contribution < 1.29 is 27.8 Å². The minimum absolute atomic E-state index is 0.00113. The summed E-state index contributed by atoms with van der Waals surface area (Å²) in [6.45, 7) is 11.0. The van der Waals surface area contributed by atoms with Crippen molar-refractivity contribution in [1.29, 1.82) is 0 Å². The van der Waals surface area contributed by atoms with E-state index in [4.69, 9.17) is 32.7 Å². The number of benzene rings is 3. The van der Waals surface area contributed by atoms with Gasteiger partial charge in [0.05, 0.1) is 41.1 Å². The van der Waals surface area contributed by atoms with Gasteiger partial charge < -0.3 is 19.5 Å². The molecule has 2 fully saturated rings. The topological polar surface area (TPSA) is 150 Å². The van der Waals surface area contributed by atoms with Crippen molar-refractivity contribution in [3.05, 3.63) is 106 Å². The highest BCUT2D eigenvalue weighted by Gasteiger charge is 2.31. The maximum absolute atomic E-state index is 13.9. The SMILES string of the molecule is CC1(C)CCC(CN2CCN(c3ccc(C(=O)NS(=O)(=O)c4cnc(OCC5CCC(C)(O)CC5)c(Cl)c4)c(Oc4cccc5[nH]ncc45)c3)CC2)=C(c2ccc(Cl)cc2)C1. The number of aromatic nitrogens is 3. The number of aliphatic hydroxyl groups is 1. The summed E-state index contributed by atoms with van der Waals surface area (Å²) in [6.07, 6.45) is 8.95. The molecule has 0 spiro atoms. The van der Waals surface area contributed by atoms with E-state index >= 15 is 0 Å². The Bertz CT molecular complexity index is 2540. The first-order chi connectivity index (χ1) is 29.1. The molecule has 5 aromatic rings. The number of hydrogen-bond acceptors (Lipinski definition) is 10. The van der Waals surface area contributed by atoms with E-state index in [0.717, 1.165) is 87.3 Å². The van der Waals surface area contributed by atoms with Crippen LogP contribution < -0.4 is 19.1 Å². The van der Waals surface area contributed by atoms with Gasteiger partial charge in [-0.1, -0.05) is 60.8 Å². The number of nitrogens with zero attached hydrogens (tertiary/aromatic N) is 4. The molecule has 2 aromatic heterocycles. The number of H-pyrrole nitrogens is 1. The van der Waals surface area contributed by atoms with Gasteiger partial charge in [0.2, 0.25) is 5.88 Å². The molecule has 3 N–H and O–H groups in total. The summed E-state index contributed by atoms with van der Waals surface area (Å²) in [6, 6.07) is 20.1. The van der Waals surface area contributed by atoms with Crippen molar-refractivity contribution in [3.63, 3.8) is 0 Å². The van der Waals surface area contributed by atoms with Crippen LogP contribution in [0.25, 0.3) is 16.5 Å². The highest BCUT2D eigenvalue weighted by molar-refractivity contribution is 7.90. The summed E-state index contributed by atoms with van der Waals surface area (Å²) < 4.78 is 41.7. The van der Waals surface area contributed by atoms with Crippen molar-refractivity contribution >= 4 is 61.3 Å². The molecule has 0 unspecified atom stereocenters. The summed E-state index contributed by atoms with van der Waals surface area (Å²) >= 11 is 12.7. The van der Waals surface area contributed by atoms with Gasteiger partial charge in [0, 0.05) is 49.5 Å².